The lowest BCUT2D eigenvalue weighted by molar-refractivity contribution is -0.165. The Kier molecular flexibility index (Phi) is 5.45. The summed E-state index contributed by atoms with van der Waals surface area (Å²) in [5.74, 6) is -0.0839. The highest BCUT2D eigenvalue weighted by Gasteiger charge is 2.36. The van der Waals surface area contributed by atoms with E-state index in [4.69, 9.17) is 26.3 Å². The fourth-order valence-electron chi connectivity index (χ4n) is 2.35. The van der Waals surface area contributed by atoms with Crippen molar-refractivity contribution in [3.63, 3.8) is 0 Å². The molecular formula is C16H20ClN3O3. The van der Waals surface area contributed by atoms with Gasteiger partial charge in [0.15, 0.2) is 6.10 Å². The van der Waals surface area contributed by atoms with Crippen LogP contribution in [0.2, 0.25) is 5.15 Å². The number of nitrogens with zero attached hydrogens (tertiary/aromatic N) is 2. The predicted molar refractivity (Wildman–Crippen MR) is 85.2 cm³/mol. The standard InChI is InChI=1S/C16H20ClN3O3/c1-16(2,3)23-15(21)13(10-4-5-19-8-10)22-12-6-11(7-18)14(17)20-9-12/h6,9-10,13,19H,4-5,8H2,1-3H3/t10-,13?/m1/s1. The van der Waals surface area contributed by atoms with Gasteiger partial charge in [0.2, 0.25) is 0 Å². The summed E-state index contributed by atoms with van der Waals surface area (Å²) in [4.78, 5) is 16.4. The second-order valence-corrected chi connectivity index (χ2v) is 6.80. The Morgan fingerprint density at radius 1 is 1.57 bits per heavy atom. The third-order valence-corrected chi connectivity index (χ3v) is 3.66. The van der Waals surface area contributed by atoms with Crippen molar-refractivity contribution in [3.05, 3.63) is 23.0 Å². The minimum absolute atomic E-state index is 0.00561. The Bertz CT molecular complexity index is 616. The number of hydrogen-bond donors (Lipinski definition) is 1. The summed E-state index contributed by atoms with van der Waals surface area (Å²) in [6.45, 7) is 6.94. The van der Waals surface area contributed by atoms with E-state index in [0.29, 0.717) is 12.3 Å². The number of esters is 1. The van der Waals surface area contributed by atoms with Crippen molar-refractivity contribution in [1.82, 2.24) is 10.3 Å². The van der Waals surface area contributed by atoms with Crippen molar-refractivity contribution in [2.45, 2.75) is 38.9 Å². The van der Waals surface area contributed by atoms with Gasteiger partial charge in [-0.1, -0.05) is 11.6 Å². The van der Waals surface area contributed by atoms with Gasteiger partial charge in [0.25, 0.3) is 0 Å². The van der Waals surface area contributed by atoms with Gasteiger partial charge in [0, 0.05) is 18.5 Å². The quantitative estimate of drug-likeness (QED) is 0.670. The van der Waals surface area contributed by atoms with Gasteiger partial charge in [-0.05, 0) is 33.7 Å². The van der Waals surface area contributed by atoms with Crippen LogP contribution in [0.3, 0.4) is 0 Å². The molecule has 1 aliphatic rings. The molecule has 0 aromatic carbocycles. The summed E-state index contributed by atoms with van der Waals surface area (Å²) in [7, 11) is 0. The zero-order valence-corrected chi connectivity index (χ0v) is 14.2. The second-order valence-electron chi connectivity index (χ2n) is 6.45. The molecular weight excluding hydrogens is 318 g/mol. The lowest BCUT2D eigenvalue weighted by Gasteiger charge is -2.27. The van der Waals surface area contributed by atoms with Gasteiger partial charge in [-0.25, -0.2) is 9.78 Å². The van der Waals surface area contributed by atoms with Crippen molar-refractivity contribution in [2.24, 2.45) is 5.92 Å². The summed E-state index contributed by atoms with van der Waals surface area (Å²) in [6, 6.07) is 3.42. The minimum atomic E-state index is -0.751. The number of rotatable bonds is 4. The minimum Gasteiger partial charge on any atom is -0.477 e. The lowest BCUT2D eigenvalue weighted by atomic mass is 10.0. The summed E-state index contributed by atoms with van der Waals surface area (Å²) in [6.07, 6.45) is 1.47. The van der Waals surface area contributed by atoms with Crippen molar-refractivity contribution < 1.29 is 14.3 Å². The van der Waals surface area contributed by atoms with Crippen LogP contribution in [0.1, 0.15) is 32.8 Å². The normalized spacial score (nSPS) is 19.0. The molecule has 0 amide bonds. The maximum absolute atomic E-state index is 12.5. The summed E-state index contributed by atoms with van der Waals surface area (Å²) < 4.78 is 11.3. The van der Waals surface area contributed by atoms with E-state index < -0.39 is 17.7 Å². The van der Waals surface area contributed by atoms with Gasteiger partial charge < -0.3 is 14.8 Å². The van der Waals surface area contributed by atoms with Crippen molar-refractivity contribution in [1.29, 1.82) is 5.26 Å². The average Bonchev–Trinajstić information content (AvgIpc) is 2.98. The maximum atomic E-state index is 12.5. The van der Waals surface area contributed by atoms with Gasteiger partial charge in [0.1, 0.15) is 22.6 Å². The van der Waals surface area contributed by atoms with Crippen LogP contribution in [0.25, 0.3) is 0 Å². The van der Waals surface area contributed by atoms with Crippen molar-refractivity contribution in [3.8, 4) is 11.8 Å². The molecule has 2 rings (SSSR count). The average molecular weight is 338 g/mol. The Labute approximate surface area is 140 Å². The molecule has 1 unspecified atom stereocenters. The zero-order valence-electron chi connectivity index (χ0n) is 13.4. The molecule has 1 aliphatic heterocycles. The van der Waals surface area contributed by atoms with Crippen LogP contribution in [0.4, 0.5) is 0 Å². The fourth-order valence-corrected chi connectivity index (χ4v) is 2.50. The predicted octanol–water partition coefficient (Wildman–Crippen LogP) is 2.31. The van der Waals surface area contributed by atoms with E-state index >= 15 is 0 Å². The van der Waals surface area contributed by atoms with E-state index in [2.05, 4.69) is 10.3 Å². The van der Waals surface area contributed by atoms with Crippen LogP contribution in [0.15, 0.2) is 12.3 Å². The molecule has 0 aliphatic carbocycles. The monoisotopic (exact) mass is 337 g/mol. The first-order chi connectivity index (χ1) is 10.8. The molecule has 0 spiro atoms. The fraction of sp³-hybridized carbons (Fsp3) is 0.562. The third-order valence-electron chi connectivity index (χ3n) is 3.36. The van der Waals surface area contributed by atoms with Crippen LogP contribution in [-0.2, 0) is 9.53 Å². The van der Waals surface area contributed by atoms with Gasteiger partial charge >= 0.3 is 5.97 Å². The maximum Gasteiger partial charge on any atom is 0.348 e. The zero-order chi connectivity index (χ0) is 17.0. The van der Waals surface area contributed by atoms with Gasteiger partial charge in [-0.3, -0.25) is 0 Å². The van der Waals surface area contributed by atoms with Crippen molar-refractivity contribution >= 4 is 17.6 Å². The van der Waals surface area contributed by atoms with E-state index in [1.54, 1.807) is 0 Å². The molecule has 1 fully saturated rings. The van der Waals surface area contributed by atoms with Crippen LogP contribution in [-0.4, -0.2) is 35.7 Å². The molecule has 0 saturated carbocycles. The molecule has 2 heterocycles. The molecule has 2 atom stereocenters. The molecule has 124 valence electrons. The molecule has 23 heavy (non-hydrogen) atoms. The van der Waals surface area contributed by atoms with E-state index in [1.165, 1.54) is 12.3 Å². The SMILES string of the molecule is CC(C)(C)OC(=O)C(Oc1cnc(Cl)c(C#N)c1)[C@@H]1CCNC1. The molecule has 7 heteroatoms. The highest BCUT2D eigenvalue weighted by atomic mass is 35.5. The Morgan fingerprint density at radius 3 is 2.87 bits per heavy atom. The topological polar surface area (TPSA) is 84.2 Å². The van der Waals surface area contributed by atoms with E-state index in [9.17, 15) is 4.79 Å². The largest absolute Gasteiger partial charge is 0.477 e. The molecule has 6 nitrogen and oxygen atoms in total. The Morgan fingerprint density at radius 2 is 2.30 bits per heavy atom. The molecule has 0 bridgehead atoms. The summed E-state index contributed by atoms with van der Waals surface area (Å²) in [5.41, 5.74) is -0.391. The number of aromatic nitrogens is 1. The third kappa shape index (κ3) is 4.81. The second kappa shape index (κ2) is 7.16. The van der Waals surface area contributed by atoms with E-state index in [-0.39, 0.29) is 16.6 Å². The number of carbonyl (C=O) groups excluding carboxylic acids is 1. The number of ether oxygens (including phenoxy) is 2. The Balaban J connectivity index is 2.20. The van der Waals surface area contributed by atoms with Crippen LogP contribution >= 0.6 is 11.6 Å². The highest BCUT2D eigenvalue weighted by Crippen LogP contribution is 2.25. The smallest absolute Gasteiger partial charge is 0.348 e. The van der Waals surface area contributed by atoms with E-state index in [0.717, 1.165) is 13.0 Å². The van der Waals surface area contributed by atoms with Crippen LogP contribution in [0.5, 0.6) is 5.75 Å². The number of pyridine rings is 1. The van der Waals surface area contributed by atoms with Crippen molar-refractivity contribution in [2.75, 3.05) is 13.1 Å². The van der Waals surface area contributed by atoms with Gasteiger partial charge in [-0.2, -0.15) is 5.26 Å². The Hall–Kier alpha value is -1.84. The molecule has 1 N–H and O–H groups in total. The number of nitrogens with one attached hydrogen (secondary N) is 1. The summed E-state index contributed by atoms with van der Waals surface area (Å²) in [5, 5.41) is 12.3. The first-order valence-electron chi connectivity index (χ1n) is 7.46. The summed E-state index contributed by atoms with van der Waals surface area (Å²) >= 11 is 5.82. The van der Waals surface area contributed by atoms with Gasteiger partial charge in [0.05, 0.1) is 11.8 Å². The first kappa shape index (κ1) is 17.5. The van der Waals surface area contributed by atoms with Crippen LogP contribution in [0, 0.1) is 17.2 Å². The molecule has 1 saturated heterocycles. The molecule has 1 aromatic heterocycles. The number of hydrogen-bond acceptors (Lipinski definition) is 6. The van der Waals surface area contributed by atoms with E-state index in [1.807, 2.05) is 26.8 Å². The number of halogens is 1. The number of carbonyl (C=O) groups is 1. The lowest BCUT2D eigenvalue weighted by Crippen LogP contribution is -2.41. The molecule has 0 radical (unpaired) electrons. The van der Waals surface area contributed by atoms with Gasteiger partial charge in [-0.15, -0.1) is 0 Å². The first-order valence-corrected chi connectivity index (χ1v) is 7.84. The van der Waals surface area contributed by atoms with Crippen LogP contribution < -0.4 is 10.1 Å². The highest BCUT2D eigenvalue weighted by molar-refractivity contribution is 6.30. The molecule has 1 aromatic rings. The number of nitriles is 1.